The van der Waals surface area contributed by atoms with Crippen LogP contribution in [0.5, 0.6) is 0 Å². The van der Waals surface area contributed by atoms with Gasteiger partial charge in [-0.25, -0.2) is 0 Å². The van der Waals surface area contributed by atoms with Gasteiger partial charge in [-0.1, -0.05) is 121 Å². The number of hydrogen-bond donors (Lipinski definition) is 1. The Labute approximate surface area is 291 Å². The van der Waals surface area contributed by atoms with Crippen LogP contribution in [-0.2, 0) is 0 Å². The van der Waals surface area contributed by atoms with Crippen LogP contribution in [0.3, 0.4) is 0 Å². The molecule has 0 aliphatic heterocycles. The quantitative estimate of drug-likeness (QED) is 0.119. The minimum Gasteiger partial charge on any atom is -0.455 e. The van der Waals surface area contributed by atoms with Gasteiger partial charge in [0.2, 0.25) is 0 Å². The summed E-state index contributed by atoms with van der Waals surface area (Å²) in [6, 6.07) is 35.7. The molecule has 2 aromatic heterocycles. The molecule has 0 unspecified atom stereocenters. The first-order valence-corrected chi connectivity index (χ1v) is 16.6. The average Bonchev–Trinajstić information content (AvgIpc) is 3.71. The highest BCUT2D eigenvalue weighted by Gasteiger charge is 2.21. The fourth-order valence-electron chi connectivity index (χ4n) is 6.07. The Kier molecular flexibility index (Phi) is 9.61. The van der Waals surface area contributed by atoms with Crippen LogP contribution in [0.2, 0.25) is 0 Å². The second-order valence-electron chi connectivity index (χ2n) is 11.6. The van der Waals surface area contributed by atoms with E-state index >= 15 is 0 Å². The molecule has 7 rings (SSSR count). The van der Waals surface area contributed by atoms with E-state index in [1.165, 1.54) is 6.20 Å². The molecule has 0 aliphatic rings. The largest absolute Gasteiger partial charge is 0.455 e. The van der Waals surface area contributed by atoms with E-state index in [9.17, 15) is 0 Å². The third-order valence-corrected chi connectivity index (χ3v) is 8.41. The summed E-state index contributed by atoms with van der Waals surface area (Å²) in [5.74, 6) is 0. The zero-order valence-electron chi connectivity index (χ0n) is 27.7. The lowest BCUT2D eigenvalue weighted by Crippen LogP contribution is -1.95. The molecule has 5 aromatic carbocycles. The van der Waals surface area contributed by atoms with E-state index in [2.05, 4.69) is 72.8 Å². The Morgan fingerprint density at radius 2 is 1.14 bits per heavy atom. The predicted octanol–water partition coefficient (Wildman–Crippen LogP) is 12.4. The van der Waals surface area contributed by atoms with Crippen molar-refractivity contribution < 1.29 is 8.83 Å². The summed E-state index contributed by atoms with van der Waals surface area (Å²) < 4.78 is 13.3. The molecule has 50 heavy (non-hydrogen) atoms. The van der Waals surface area contributed by atoms with E-state index < -0.39 is 0 Å². The number of nitrogens with two attached hydrogens (primary N) is 1. The first kappa shape index (κ1) is 31.9. The number of benzene rings is 5. The SMILES string of the molecule is C/C=C/C=C\C=C/N=C(/C=C/C=C/C=C\C=C/N)c1ccc2oc3c(-c4ccccc4)c4oc5ccc(-c6ccccc6)cc5c4cc3c2c1. The Morgan fingerprint density at radius 3 is 1.84 bits per heavy atom. The summed E-state index contributed by atoms with van der Waals surface area (Å²) in [6.07, 6.45) is 26.6. The minimum absolute atomic E-state index is 0.794. The second kappa shape index (κ2) is 15.1. The smallest absolute Gasteiger partial charge is 0.147 e. The average molecular weight is 649 g/mol. The highest BCUT2D eigenvalue weighted by atomic mass is 16.3. The summed E-state index contributed by atoms with van der Waals surface area (Å²) in [7, 11) is 0. The topological polar surface area (TPSA) is 64.7 Å². The van der Waals surface area contributed by atoms with Crippen molar-refractivity contribution >= 4 is 49.6 Å². The van der Waals surface area contributed by atoms with Gasteiger partial charge in [0, 0.05) is 33.3 Å². The third-order valence-electron chi connectivity index (χ3n) is 8.41. The molecule has 0 spiro atoms. The Bertz CT molecular complexity index is 2530. The normalized spacial score (nSPS) is 13.3. The molecule has 0 aliphatic carbocycles. The van der Waals surface area contributed by atoms with Crippen LogP contribution in [0.25, 0.3) is 66.1 Å². The fourth-order valence-corrected chi connectivity index (χ4v) is 6.07. The van der Waals surface area contributed by atoms with E-state index in [1.54, 1.807) is 6.08 Å². The Hall–Kier alpha value is -6.65. The van der Waals surface area contributed by atoms with Crippen molar-refractivity contribution in [3.63, 3.8) is 0 Å². The fraction of sp³-hybridized carbons (Fsp3) is 0.0217. The number of hydrogen-bond acceptors (Lipinski definition) is 4. The molecule has 0 fully saturated rings. The van der Waals surface area contributed by atoms with Gasteiger partial charge < -0.3 is 14.6 Å². The Balaban J connectivity index is 1.41. The summed E-state index contributed by atoms with van der Waals surface area (Å²) in [4.78, 5) is 4.85. The van der Waals surface area contributed by atoms with E-state index in [1.807, 2.05) is 110 Å². The van der Waals surface area contributed by atoms with Crippen LogP contribution >= 0.6 is 0 Å². The summed E-state index contributed by atoms with van der Waals surface area (Å²) >= 11 is 0. The molecule has 0 atom stereocenters. The van der Waals surface area contributed by atoms with Gasteiger partial charge in [-0.15, -0.1) is 0 Å². The number of rotatable bonds is 10. The molecule has 7 aromatic rings. The summed E-state index contributed by atoms with van der Waals surface area (Å²) in [5.41, 5.74) is 14.7. The molecule has 4 heteroatoms. The van der Waals surface area contributed by atoms with Gasteiger partial charge in [0.15, 0.2) is 0 Å². The lowest BCUT2D eigenvalue weighted by molar-refractivity contribution is 0.658. The number of allylic oxidation sites excluding steroid dienone is 12. The maximum atomic E-state index is 6.67. The molecular weight excluding hydrogens is 613 g/mol. The standard InChI is InChI=1S/C46H36N2O2/c1-2-3-4-9-18-29-48-41(23-16-7-5-6-8-17-28-47)36-25-27-43-38(31-36)40-32-39-37-30-35(33-19-12-10-13-20-33)24-26-42(37)49-45(39)44(46(40)50-43)34-21-14-11-15-22-34/h2-32H,47H2,1H3/b3-2+,7-5+,8-6-,9-4-,23-16+,28-17-,29-18-,48-41-. The van der Waals surface area contributed by atoms with Crippen LogP contribution < -0.4 is 5.73 Å². The van der Waals surface area contributed by atoms with E-state index in [0.29, 0.717) is 0 Å². The highest BCUT2D eigenvalue weighted by molar-refractivity contribution is 6.23. The van der Waals surface area contributed by atoms with E-state index in [4.69, 9.17) is 19.6 Å². The maximum Gasteiger partial charge on any atom is 0.147 e. The number of furan rings is 2. The molecule has 2 N–H and O–H groups in total. The molecule has 4 nitrogen and oxygen atoms in total. The molecular formula is C46H36N2O2. The molecule has 242 valence electrons. The van der Waals surface area contributed by atoms with E-state index in [-0.39, 0.29) is 0 Å². The van der Waals surface area contributed by atoms with Crippen molar-refractivity contribution in [3.05, 3.63) is 194 Å². The van der Waals surface area contributed by atoms with E-state index in [0.717, 1.165) is 77.4 Å². The molecule has 0 saturated carbocycles. The van der Waals surface area contributed by atoms with Gasteiger partial charge in [-0.2, -0.15) is 0 Å². The minimum atomic E-state index is 0.794. The van der Waals surface area contributed by atoms with Crippen LogP contribution in [0, 0.1) is 0 Å². The van der Waals surface area contributed by atoms with Crippen molar-refractivity contribution in [2.75, 3.05) is 0 Å². The van der Waals surface area contributed by atoms with Crippen LogP contribution in [0.4, 0.5) is 0 Å². The molecule has 0 amide bonds. The first-order chi connectivity index (χ1) is 24.7. The monoisotopic (exact) mass is 648 g/mol. The zero-order chi connectivity index (χ0) is 34.1. The third kappa shape index (κ3) is 6.69. The first-order valence-electron chi connectivity index (χ1n) is 16.6. The van der Waals surface area contributed by atoms with Gasteiger partial charge in [-0.05, 0) is 84.4 Å². The maximum absolute atomic E-state index is 6.67. The second-order valence-corrected chi connectivity index (χ2v) is 11.6. The molecule has 0 radical (unpaired) electrons. The van der Waals surface area contributed by atoms with Gasteiger partial charge in [-0.3, -0.25) is 4.99 Å². The predicted molar refractivity (Wildman–Crippen MR) is 212 cm³/mol. The van der Waals surface area contributed by atoms with Crippen molar-refractivity contribution in [1.29, 1.82) is 0 Å². The van der Waals surface area contributed by atoms with Gasteiger partial charge >= 0.3 is 0 Å². The zero-order valence-corrected chi connectivity index (χ0v) is 27.7. The summed E-state index contributed by atoms with van der Waals surface area (Å²) in [6.45, 7) is 1.99. The molecule has 2 heterocycles. The van der Waals surface area contributed by atoms with Crippen LogP contribution in [0.1, 0.15) is 12.5 Å². The van der Waals surface area contributed by atoms with Gasteiger partial charge in [0.25, 0.3) is 0 Å². The molecule has 0 saturated heterocycles. The molecule has 0 bridgehead atoms. The van der Waals surface area contributed by atoms with Crippen molar-refractivity contribution in [2.24, 2.45) is 10.7 Å². The summed E-state index contributed by atoms with van der Waals surface area (Å²) in [5, 5.41) is 4.14. The Morgan fingerprint density at radius 1 is 0.540 bits per heavy atom. The van der Waals surface area contributed by atoms with Crippen molar-refractivity contribution in [2.45, 2.75) is 6.92 Å². The van der Waals surface area contributed by atoms with Gasteiger partial charge in [0.05, 0.1) is 11.3 Å². The number of fused-ring (bicyclic) bond motifs is 6. The van der Waals surface area contributed by atoms with Gasteiger partial charge in [0.1, 0.15) is 22.3 Å². The highest BCUT2D eigenvalue weighted by Crippen LogP contribution is 2.45. The van der Waals surface area contributed by atoms with Crippen molar-refractivity contribution in [1.82, 2.24) is 0 Å². The lowest BCUT2D eigenvalue weighted by atomic mass is 9.97. The number of aliphatic imine (C=N–C) groups is 1. The lowest BCUT2D eigenvalue weighted by Gasteiger charge is -2.05. The van der Waals surface area contributed by atoms with Crippen LogP contribution in [0.15, 0.2) is 202 Å². The van der Waals surface area contributed by atoms with Crippen molar-refractivity contribution in [3.8, 4) is 22.3 Å². The number of nitrogens with zero attached hydrogens (tertiary/aromatic N) is 1. The van der Waals surface area contributed by atoms with Crippen LogP contribution in [-0.4, -0.2) is 5.71 Å².